The van der Waals surface area contributed by atoms with Gasteiger partial charge in [-0.25, -0.2) is 9.29 Å². The first kappa shape index (κ1) is 21.7. The quantitative estimate of drug-likeness (QED) is 0.593. The van der Waals surface area contributed by atoms with Crippen molar-refractivity contribution in [2.24, 2.45) is 0 Å². The molecule has 0 aromatic heterocycles. The lowest BCUT2D eigenvalue weighted by Gasteiger charge is -2.25. The summed E-state index contributed by atoms with van der Waals surface area (Å²) < 4.78 is 23.9. The lowest BCUT2D eigenvalue weighted by Crippen LogP contribution is -2.37. The Labute approximate surface area is 175 Å². The van der Waals surface area contributed by atoms with Gasteiger partial charge in [-0.2, -0.15) is 0 Å². The van der Waals surface area contributed by atoms with E-state index in [1.807, 2.05) is 13.0 Å². The number of methoxy groups -OCH3 is 2. The van der Waals surface area contributed by atoms with Gasteiger partial charge in [-0.1, -0.05) is 24.3 Å². The number of nitrogens with zero attached hydrogens (tertiary/aromatic N) is 2. The highest BCUT2D eigenvalue weighted by Gasteiger charge is 2.42. The van der Waals surface area contributed by atoms with E-state index in [9.17, 15) is 14.0 Å². The molecule has 2 aromatic rings. The van der Waals surface area contributed by atoms with Gasteiger partial charge in [0.2, 0.25) is 0 Å². The van der Waals surface area contributed by atoms with Crippen molar-refractivity contribution < 1.29 is 23.5 Å². The fraction of sp³-hybridized carbons (Fsp3) is 0.304. The number of carbonyl (C=O) groups excluding carboxylic acids is 2. The monoisotopic (exact) mass is 412 g/mol. The van der Waals surface area contributed by atoms with Crippen LogP contribution in [0, 0.1) is 12.7 Å². The van der Waals surface area contributed by atoms with Crippen molar-refractivity contribution in [2.45, 2.75) is 6.92 Å². The summed E-state index contributed by atoms with van der Waals surface area (Å²) >= 11 is 0. The van der Waals surface area contributed by atoms with Crippen molar-refractivity contribution in [3.63, 3.8) is 0 Å². The van der Waals surface area contributed by atoms with Crippen LogP contribution < -0.4 is 4.90 Å². The summed E-state index contributed by atoms with van der Waals surface area (Å²) in [4.78, 5) is 29.9. The molecular weight excluding hydrogens is 387 g/mol. The van der Waals surface area contributed by atoms with Gasteiger partial charge in [-0.3, -0.25) is 9.59 Å². The second-order valence-electron chi connectivity index (χ2n) is 6.99. The number of imide groups is 1. The molecule has 0 unspecified atom stereocenters. The normalized spacial score (nSPS) is 14.1. The van der Waals surface area contributed by atoms with Gasteiger partial charge >= 0.3 is 0 Å². The van der Waals surface area contributed by atoms with Crippen LogP contribution in [0.4, 0.5) is 10.1 Å². The van der Waals surface area contributed by atoms with Crippen LogP contribution in [0.2, 0.25) is 0 Å². The Morgan fingerprint density at radius 3 is 2.13 bits per heavy atom. The second-order valence-corrected chi connectivity index (χ2v) is 6.99. The van der Waals surface area contributed by atoms with E-state index in [2.05, 4.69) is 0 Å². The van der Waals surface area contributed by atoms with E-state index in [1.54, 1.807) is 37.3 Å². The zero-order chi connectivity index (χ0) is 21.7. The van der Waals surface area contributed by atoms with Gasteiger partial charge in [0.25, 0.3) is 11.8 Å². The fourth-order valence-electron chi connectivity index (χ4n) is 3.43. The Bertz CT molecular complexity index is 948. The summed E-state index contributed by atoms with van der Waals surface area (Å²) in [5.41, 5.74) is 2.43. The Morgan fingerprint density at radius 1 is 0.933 bits per heavy atom. The number of carbonyl (C=O) groups is 2. The maximum Gasteiger partial charge on any atom is 0.282 e. The third-order valence-electron chi connectivity index (χ3n) is 4.90. The number of anilines is 1. The van der Waals surface area contributed by atoms with E-state index < -0.39 is 17.6 Å². The van der Waals surface area contributed by atoms with Crippen LogP contribution in [0.25, 0.3) is 5.57 Å². The molecule has 0 aliphatic carbocycles. The molecule has 0 atom stereocenters. The van der Waals surface area contributed by atoms with Gasteiger partial charge < -0.3 is 14.4 Å². The number of amides is 2. The molecule has 2 aromatic carbocycles. The molecule has 0 N–H and O–H groups in total. The Hall–Kier alpha value is -3.03. The number of hydrogen-bond acceptors (Lipinski definition) is 5. The molecule has 1 aliphatic heterocycles. The van der Waals surface area contributed by atoms with Crippen molar-refractivity contribution >= 4 is 23.1 Å². The molecule has 0 saturated carbocycles. The lowest BCUT2D eigenvalue weighted by atomic mass is 10.0. The van der Waals surface area contributed by atoms with Gasteiger partial charge in [0.1, 0.15) is 11.5 Å². The van der Waals surface area contributed by atoms with Gasteiger partial charge in [-0.05, 0) is 42.3 Å². The van der Waals surface area contributed by atoms with Crippen LogP contribution in [-0.4, -0.2) is 57.2 Å². The molecule has 30 heavy (non-hydrogen) atoms. The molecule has 0 spiro atoms. The zero-order valence-electron chi connectivity index (χ0n) is 17.4. The maximum atomic E-state index is 13.5. The summed E-state index contributed by atoms with van der Waals surface area (Å²) in [5, 5.41) is 0. The van der Waals surface area contributed by atoms with E-state index >= 15 is 0 Å². The lowest BCUT2D eigenvalue weighted by molar-refractivity contribution is -0.120. The molecular formula is C23H25FN2O4. The topological polar surface area (TPSA) is 59.1 Å². The highest BCUT2D eigenvalue weighted by molar-refractivity contribution is 6.45. The van der Waals surface area contributed by atoms with E-state index in [4.69, 9.17) is 9.47 Å². The van der Waals surface area contributed by atoms with Crippen LogP contribution in [0.3, 0.4) is 0 Å². The third-order valence-corrected chi connectivity index (χ3v) is 4.90. The van der Waals surface area contributed by atoms with E-state index in [0.717, 1.165) is 5.56 Å². The first-order valence-corrected chi connectivity index (χ1v) is 9.66. The smallest absolute Gasteiger partial charge is 0.282 e. The molecule has 6 nitrogen and oxygen atoms in total. The largest absolute Gasteiger partial charge is 0.383 e. The van der Waals surface area contributed by atoms with Gasteiger partial charge in [-0.15, -0.1) is 0 Å². The summed E-state index contributed by atoms with van der Waals surface area (Å²) in [6, 6.07) is 12.8. The Balaban J connectivity index is 2.12. The summed E-state index contributed by atoms with van der Waals surface area (Å²) in [6.45, 7) is 3.44. The number of aryl methyl sites for hydroxylation is 1. The number of benzene rings is 2. The van der Waals surface area contributed by atoms with E-state index in [1.165, 1.54) is 29.2 Å². The van der Waals surface area contributed by atoms with Crippen LogP contribution in [0.5, 0.6) is 0 Å². The van der Waals surface area contributed by atoms with Crippen molar-refractivity contribution in [3.05, 3.63) is 71.2 Å². The molecule has 0 bridgehead atoms. The number of halogens is 1. The molecule has 0 fully saturated rings. The number of rotatable bonds is 9. The third kappa shape index (κ3) is 4.42. The van der Waals surface area contributed by atoms with Gasteiger partial charge in [0.15, 0.2) is 0 Å². The molecule has 0 radical (unpaired) electrons. The van der Waals surface area contributed by atoms with Crippen molar-refractivity contribution in [2.75, 3.05) is 45.4 Å². The Morgan fingerprint density at radius 2 is 1.57 bits per heavy atom. The van der Waals surface area contributed by atoms with Crippen LogP contribution in [-0.2, 0) is 19.1 Å². The summed E-state index contributed by atoms with van der Waals surface area (Å²) in [7, 11) is 3.15. The molecule has 0 saturated heterocycles. The van der Waals surface area contributed by atoms with Crippen LogP contribution in [0.1, 0.15) is 11.1 Å². The highest BCUT2D eigenvalue weighted by atomic mass is 19.1. The summed E-state index contributed by atoms with van der Waals surface area (Å²) in [5.74, 6) is -1.27. The van der Waals surface area contributed by atoms with Crippen LogP contribution in [0.15, 0.2) is 54.2 Å². The number of hydrogen-bond donors (Lipinski definition) is 0. The molecule has 158 valence electrons. The fourth-order valence-corrected chi connectivity index (χ4v) is 3.43. The van der Waals surface area contributed by atoms with Crippen LogP contribution >= 0.6 is 0 Å². The maximum absolute atomic E-state index is 13.5. The first-order valence-electron chi connectivity index (χ1n) is 9.66. The van der Waals surface area contributed by atoms with Crippen molar-refractivity contribution in [3.8, 4) is 0 Å². The van der Waals surface area contributed by atoms with E-state index in [0.29, 0.717) is 37.6 Å². The minimum absolute atomic E-state index is 0.244. The molecule has 1 heterocycles. The minimum Gasteiger partial charge on any atom is -0.383 e. The predicted molar refractivity (Wildman–Crippen MR) is 112 cm³/mol. The molecule has 3 rings (SSSR count). The second kappa shape index (κ2) is 9.65. The average Bonchev–Trinajstić information content (AvgIpc) is 2.99. The Kier molecular flexibility index (Phi) is 6.97. The number of ether oxygens (including phenoxy) is 2. The van der Waals surface area contributed by atoms with Gasteiger partial charge in [0.05, 0.1) is 24.5 Å². The van der Waals surface area contributed by atoms with Crippen molar-refractivity contribution in [1.29, 1.82) is 0 Å². The highest BCUT2D eigenvalue weighted by Crippen LogP contribution is 2.35. The SMILES string of the molecule is COCCN(CCOC)C1=C(c2ccc(F)cc2)C(=O)N(c2cccc(C)c2)C1=O. The van der Waals surface area contributed by atoms with Gasteiger partial charge in [0, 0.05) is 27.3 Å². The van der Waals surface area contributed by atoms with Crippen molar-refractivity contribution in [1.82, 2.24) is 4.90 Å². The molecule has 7 heteroatoms. The first-order chi connectivity index (χ1) is 14.5. The molecule has 1 aliphatic rings. The summed E-state index contributed by atoms with van der Waals surface area (Å²) in [6.07, 6.45) is 0. The molecule has 2 amide bonds. The minimum atomic E-state index is -0.438. The average molecular weight is 412 g/mol. The van der Waals surface area contributed by atoms with E-state index in [-0.39, 0.29) is 11.3 Å². The standard InChI is InChI=1S/C23H25FN2O4/c1-16-5-4-6-19(15-16)26-22(27)20(17-7-9-18(24)10-8-17)21(23(26)28)25(11-13-29-2)12-14-30-3/h4-10,15H,11-14H2,1-3H3. The predicted octanol–water partition coefficient (Wildman–Crippen LogP) is 3.01. The zero-order valence-corrected chi connectivity index (χ0v) is 17.4.